The van der Waals surface area contributed by atoms with Gasteiger partial charge in [0.25, 0.3) is 10.0 Å². The zero-order valence-electron chi connectivity index (χ0n) is 25.2. The summed E-state index contributed by atoms with van der Waals surface area (Å²) in [5, 5.41) is 3.15. The van der Waals surface area contributed by atoms with E-state index in [1.807, 2.05) is 72.3 Å². The Labute approximate surface area is 263 Å². The number of hydrogen-bond donors (Lipinski definition) is 2. The first kappa shape index (κ1) is 32.8. The van der Waals surface area contributed by atoms with Gasteiger partial charge in [0.2, 0.25) is 0 Å². The highest BCUT2D eigenvalue weighted by Gasteiger charge is 2.25. The predicted octanol–water partition coefficient (Wildman–Crippen LogP) is 6.42. The van der Waals surface area contributed by atoms with E-state index in [4.69, 9.17) is 9.72 Å². The number of carbonyl (C=O) groups excluding carboxylic acids is 2. The number of carbonyl (C=O) groups is 2. The minimum atomic E-state index is -4.11. The quantitative estimate of drug-likeness (QED) is 0.121. The van der Waals surface area contributed by atoms with E-state index in [1.54, 1.807) is 18.2 Å². The molecule has 9 nitrogen and oxygen atoms in total. The fourth-order valence-corrected chi connectivity index (χ4v) is 6.41. The molecule has 1 heterocycles. The van der Waals surface area contributed by atoms with E-state index in [-0.39, 0.29) is 11.5 Å². The van der Waals surface area contributed by atoms with E-state index in [2.05, 4.69) is 17.0 Å². The summed E-state index contributed by atoms with van der Waals surface area (Å²) in [6.07, 6.45) is 5.22. The molecule has 0 bridgehead atoms. The summed E-state index contributed by atoms with van der Waals surface area (Å²) < 4.78 is 35.9. The number of nitrogens with zero attached hydrogens (tertiary/aromatic N) is 2. The Kier molecular flexibility index (Phi) is 11.6. The van der Waals surface area contributed by atoms with Crippen LogP contribution in [-0.2, 0) is 34.3 Å². The molecule has 44 heavy (non-hydrogen) atoms. The number of imidazole rings is 1. The molecule has 0 fully saturated rings. The molecule has 4 rings (SSSR count). The number of rotatable bonds is 14. The normalized spacial score (nSPS) is 11.2. The lowest BCUT2D eigenvalue weighted by Crippen LogP contribution is -2.39. The third kappa shape index (κ3) is 8.29. The second-order valence-corrected chi connectivity index (χ2v) is 12.6. The summed E-state index contributed by atoms with van der Waals surface area (Å²) in [5.74, 6) is 0.385. The number of esters is 1. The smallest absolute Gasteiger partial charge is 0.358 e. The summed E-state index contributed by atoms with van der Waals surface area (Å²) >= 11 is 1.41. The van der Waals surface area contributed by atoms with Gasteiger partial charge in [0.15, 0.2) is 5.69 Å². The molecule has 4 aromatic rings. The first-order valence-electron chi connectivity index (χ1n) is 14.6. The van der Waals surface area contributed by atoms with Crippen molar-refractivity contribution < 1.29 is 22.7 Å². The lowest BCUT2D eigenvalue weighted by Gasteiger charge is -2.14. The largest absolute Gasteiger partial charge is 0.456 e. The van der Waals surface area contributed by atoms with E-state index >= 15 is 0 Å². The summed E-state index contributed by atoms with van der Waals surface area (Å²) in [4.78, 5) is 30.3. The van der Waals surface area contributed by atoms with Gasteiger partial charge in [-0.05, 0) is 41.9 Å². The maximum Gasteiger partial charge on any atom is 0.358 e. The van der Waals surface area contributed by atoms with Crippen molar-refractivity contribution in [1.29, 1.82) is 0 Å². The first-order valence-corrected chi connectivity index (χ1v) is 17.3. The highest BCUT2D eigenvalue weighted by Crippen LogP contribution is 2.29. The Bertz CT molecular complexity index is 1670. The van der Waals surface area contributed by atoms with Crippen LogP contribution in [0.15, 0.2) is 88.8 Å². The van der Waals surface area contributed by atoms with Gasteiger partial charge in [0.05, 0.1) is 4.90 Å². The second-order valence-electron chi connectivity index (χ2n) is 10.2. The number of urea groups is 1. The number of nitrogens with one attached hydrogen (secondary N) is 2. The van der Waals surface area contributed by atoms with Crippen molar-refractivity contribution in [2.75, 3.05) is 12.8 Å². The van der Waals surface area contributed by atoms with Gasteiger partial charge in [-0.2, -0.15) is 0 Å². The molecule has 0 aliphatic carbocycles. The lowest BCUT2D eigenvalue weighted by atomic mass is 10.0. The van der Waals surface area contributed by atoms with Crippen molar-refractivity contribution in [3.63, 3.8) is 0 Å². The van der Waals surface area contributed by atoms with Crippen LogP contribution < -0.4 is 10.0 Å². The van der Waals surface area contributed by atoms with Gasteiger partial charge in [-0.3, -0.25) is 0 Å². The molecule has 0 radical (unpaired) electrons. The zero-order chi connectivity index (χ0) is 31.5. The fraction of sp³-hybridized carbons (Fsp3) is 0.303. The summed E-state index contributed by atoms with van der Waals surface area (Å²) in [6, 6.07) is 22.8. The number of aryl methyl sites for hydroxylation is 1. The van der Waals surface area contributed by atoms with Crippen molar-refractivity contribution in [1.82, 2.24) is 19.6 Å². The minimum absolute atomic E-state index is 0.00363. The van der Waals surface area contributed by atoms with E-state index < -0.39 is 22.0 Å². The Morgan fingerprint density at radius 2 is 1.61 bits per heavy atom. The first-order chi connectivity index (χ1) is 21.3. The molecule has 0 aliphatic heterocycles. The van der Waals surface area contributed by atoms with Gasteiger partial charge in [0.1, 0.15) is 17.5 Å². The number of unbranched alkanes of at least 4 members (excludes halogenated alkanes) is 1. The molecule has 11 heteroatoms. The molecule has 0 spiro atoms. The van der Waals surface area contributed by atoms with Gasteiger partial charge in [-0.15, -0.1) is 11.8 Å². The van der Waals surface area contributed by atoms with E-state index in [0.717, 1.165) is 36.2 Å². The number of thioether (sulfide) groups is 1. The second kappa shape index (κ2) is 15.6. The average molecular weight is 635 g/mol. The van der Waals surface area contributed by atoms with Crippen LogP contribution in [0.1, 0.15) is 60.5 Å². The molecule has 1 aromatic heterocycles. The van der Waals surface area contributed by atoms with Gasteiger partial charge < -0.3 is 14.6 Å². The van der Waals surface area contributed by atoms with Gasteiger partial charge in [0, 0.05) is 25.1 Å². The topological polar surface area (TPSA) is 119 Å². The molecule has 0 unspecified atom stereocenters. The van der Waals surface area contributed by atoms with E-state index in [1.165, 1.54) is 17.8 Å². The maximum atomic E-state index is 13.4. The fourth-order valence-electron chi connectivity index (χ4n) is 4.67. The Morgan fingerprint density at radius 3 is 2.30 bits per heavy atom. The molecule has 232 valence electrons. The van der Waals surface area contributed by atoms with Gasteiger partial charge in [-0.1, -0.05) is 93.1 Å². The van der Waals surface area contributed by atoms with Crippen molar-refractivity contribution in [3.05, 3.63) is 102 Å². The summed E-state index contributed by atoms with van der Waals surface area (Å²) in [6.45, 7) is 4.91. The van der Waals surface area contributed by atoms with E-state index in [0.29, 0.717) is 41.4 Å². The van der Waals surface area contributed by atoms with Crippen LogP contribution in [0.4, 0.5) is 4.79 Å². The predicted molar refractivity (Wildman–Crippen MR) is 173 cm³/mol. The van der Waals surface area contributed by atoms with Crippen molar-refractivity contribution in [2.24, 2.45) is 0 Å². The number of amides is 2. The van der Waals surface area contributed by atoms with Gasteiger partial charge in [-0.25, -0.2) is 27.7 Å². The zero-order valence-corrected chi connectivity index (χ0v) is 26.8. The lowest BCUT2D eigenvalue weighted by molar-refractivity contribution is 0.0455. The molecule has 0 aliphatic rings. The molecule has 2 N–H and O–H groups in total. The monoisotopic (exact) mass is 634 g/mol. The third-order valence-corrected chi connectivity index (χ3v) is 8.97. The number of sulfonamides is 1. The summed E-state index contributed by atoms with van der Waals surface area (Å²) in [7, 11) is -4.11. The van der Waals surface area contributed by atoms with Crippen LogP contribution in [0.3, 0.4) is 0 Å². The minimum Gasteiger partial charge on any atom is -0.456 e. The summed E-state index contributed by atoms with van der Waals surface area (Å²) in [5.41, 5.74) is 3.38. The molecule has 3 aromatic carbocycles. The number of aromatic nitrogens is 2. The standard InChI is InChI=1S/C33H38N4O5S2/c1-4-6-16-29-35-31(43-3)30(32(38)42-23-25-12-8-7-9-13-25)37(29)22-24-17-19-26(20-18-24)27-14-10-11-15-28(27)44(40,41)36-33(39)34-21-5-2/h7-15,17-20H,4-6,16,21-23H2,1-3H3,(H2,34,36,39). The molecule has 0 saturated carbocycles. The third-order valence-electron chi connectivity index (χ3n) is 6.91. The van der Waals surface area contributed by atoms with E-state index in [9.17, 15) is 18.0 Å². The molecule has 0 saturated heterocycles. The van der Waals surface area contributed by atoms with Crippen molar-refractivity contribution >= 4 is 33.8 Å². The van der Waals surface area contributed by atoms with Crippen LogP contribution in [-0.4, -0.2) is 42.8 Å². The molecule has 0 atom stereocenters. The van der Waals surface area contributed by atoms with Gasteiger partial charge >= 0.3 is 12.0 Å². The van der Waals surface area contributed by atoms with Crippen LogP contribution in [0, 0.1) is 0 Å². The number of benzene rings is 3. The van der Waals surface area contributed by atoms with Crippen LogP contribution in [0.25, 0.3) is 11.1 Å². The number of ether oxygens (including phenoxy) is 1. The Hall–Kier alpha value is -4.09. The Morgan fingerprint density at radius 1 is 0.909 bits per heavy atom. The maximum absolute atomic E-state index is 13.4. The highest BCUT2D eigenvalue weighted by atomic mass is 32.2. The Balaban J connectivity index is 1.61. The van der Waals surface area contributed by atoms with Crippen LogP contribution in [0.2, 0.25) is 0 Å². The number of hydrogen-bond acceptors (Lipinski definition) is 7. The SMILES string of the molecule is CCCCc1nc(SC)c(C(=O)OCc2ccccc2)n1Cc1ccc(-c2ccccc2S(=O)(=O)NC(=O)NCCC)cc1. The highest BCUT2D eigenvalue weighted by molar-refractivity contribution is 7.98. The molecular formula is C33H38N4O5S2. The molecule has 2 amide bonds. The van der Waals surface area contributed by atoms with Crippen LogP contribution in [0.5, 0.6) is 0 Å². The van der Waals surface area contributed by atoms with Crippen molar-refractivity contribution in [2.45, 2.75) is 62.6 Å². The average Bonchev–Trinajstić information content (AvgIpc) is 3.39. The van der Waals surface area contributed by atoms with Crippen LogP contribution >= 0.6 is 11.8 Å². The molecular weight excluding hydrogens is 597 g/mol. The van der Waals surface area contributed by atoms with Crippen molar-refractivity contribution in [3.8, 4) is 11.1 Å².